The van der Waals surface area contributed by atoms with Crippen molar-refractivity contribution in [2.45, 2.75) is 6.92 Å². The molecular formula is C17H16N2O2. The molecular weight excluding hydrogens is 264 g/mol. The second-order valence-electron chi connectivity index (χ2n) is 4.63. The summed E-state index contributed by atoms with van der Waals surface area (Å²) >= 11 is 0. The maximum atomic E-state index is 12.1. The van der Waals surface area contributed by atoms with Crippen molar-refractivity contribution in [2.75, 3.05) is 5.32 Å². The van der Waals surface area contributed by atoms with Gasteiger partial charge in [-0.05, 0) is 42.8 Å². The number of carbonyl (C=O) groups excluding carboxylic acids is 2. The summed E-state index contributed by atoms with van der Waals surface area (Å²) in [6, 6.07) is 16.1. The van der Waals surface area contributed by atoms with E-state index in [0.717, 1.165) is 5.56 Å². The Bertz CT molecular complexity index is 674. The first kappa shape index (κ1) is 14.5. The highest BCUT2D eigenvalue weighted by Gasteiger charge is 2.06. The lowest BCUT2D eigenvalue weighted by molar-refractivity contribution is -0.112. The van der Waals surface area contributed by atoms with Crippen LogP contribution in [-0.2, 0) is 4.79 Å². The Labute approximate surface area is 123 Å². The molecule has 21 heavy (non-hydrogen) atoms. The molecule has 3 N–H and O–H groups in total. The van der Waals surface area contributed by atoms with Crippen LogP contribution in [0.3, 0.4) is 0 Å². The van der Waals surface area contributed by atoms with Crippen LogP contribution < -0.4 is 11.1 Å². The average Bonchev–Trinajstić information content (AvgIpc) is 2.48. The van der Waals surface area contributed by atoms with Crippen molar-refractivity contribution >= 4 is 23.6 Å². The number of amides is 2. The van der Waals surface area contributed by atoms with Crippen molar-refractivity contribution in [3.8, 4) is 0 Å². The Balaban J connectivity index is 2.07. The van der Waals surface area contributed by atoms with Crippen LogP contribution >= 0.6 is 0 Å². The molecule has 4 heteroatoms. The molecule has 2 aromatic rings. The number of hydrogen-bond acceptors (Lipinski definition) is 2. The van der Waals surface area contributed by atoms with Crippen LogP contribution in [0.5, 0.6) is 0 Å². The van der Waals surface area contributed by atoms with Crippen LogP contribution in [0.15, 0.2) is 60.2 Å². The largest absolute Gasteiger partial charge is 0.366 e. The fraction of sp³-hybridized carbons (Fsp3) is 0.0588. The number of rotatable bonds is 4. The molecule has 0 heterocycles. The number of benzene rings is 2. The summed E-state index contributed by atoms with van der Waals surface area (Å²) in [5.74, 6) is -0.682. The Morgan fingerprint density at radius 3 is 2.19 bits per heavy atom. The molecule has 106 valence electrons. The number of anilines is 1. The normalized spacial score (nSPS) is 11.0. The third-order valence-electron chi connectivity index (χ3n) is 2.97. The van der Waals surface area contributed by atoms with Gasteiger partial charge in [0, 0.05) is 16.8 Å². The minimum atomic E-state index is -0.493. The van der Waals surface area contributed by atoms with Gasteiger partial charge in [0.15, 0.2) is 0 Å². The van der Waals surface area contributed by atoms with Crippen molar-refractivity contribution in [2.24, 2.45) is 5.73 Å². The molecule has 0 aliphatic rings. The maximum Gasteiger partial charge on any atom is 0.251 e. The van der Waals surface area contributed by atoms with Crippen LogP contribution in [0.4, 0.5) is 5.69 Å². The highest BCUT2D eigenvalue weighted by atomic mass is 16.2. The second kappa shape index (κ2) is 6.52. The van der Waals surface area contributed by atoms with Crippen molar-refractivity contribution in [3.05, 3.63) is 71.3 Å². The number of nitrogens with one attached hydrogen (secondary N) is 1. The lowest BCUT2D eigenvalue weighted by atomic mass is 10.1. The number of hydrogen-bond donors (Lipinski definition) is 2. The maximum absolute atomic E-state index is 12.1. The molecule has 0 saturated heterocycles. The third-order valence-corrected chi connectivity index (χ3v) is 2.97. The molecule has 0 aromatic heterocycles. The van der Waals surface area contributed by atoms with E-state index in [-0.39, 0.29) is 5.91 Å². The van der Waals surface area contributed by atoms with E-state index in [0.29, 0.717) is 16.8 Å². The molecule has 0 fully saturated rings. The lowest BCUT2D eigenvalue weighted by Crippen LogP contribution is -2.13. The number of primary amides is 1. The summed E-state index contributed by atoms with van der Waals surface area (Å²) in [5, 5.41) is 2.77. The topological polar surface area (TPSA) is 72.2 Å². The zero-order valence-corrected chi connectivity index (χ0v) is 11.7. The molecule has 2 amide bonds. The third kappa shape index (κ3) is 4.04. The van der Waals surface area contributed by atoms with Crippen molar-refractivity contribution < 1.29 is 9.59 Å². The SMILES string of the molecule is C/C(=C/c1ccccc1)C(=O)Nc1ccc(C(N)=O)cc1. The Morgan fingerprint density at radius 2 is 1.62 bits per heavy atom. The van der Waals surface area contributed by atoms with Crippen LogP contribution in [0.1, 0.15) is 22.8 Å². The van der Waals surface area contributed by atoms with Gasteiger partial charge in [-0.15, -0.1) is 0 Å². The zero-order valence-electron chi connectivity index (χ0n) is 11.7. The Morgan fingerprint density at radius 1 is 1.00 bits per heavy atom. The van der Waals surface area contributed by atoms with Crippen LogP contribution in [0.2, 0.25) is 0 Å². The molecule has 0 radical (unpaired) electrons. The second-order valence-corrected chi connectivity index (χ2v) is 4.63. The van der Waals surface area contributed by atoms with Gasteiger partial charge in [0.25, 0.3) is 5.91 Å². The van der Waals surface area contributed by atoms with Gasteiger partial charge in [-0.25, -0.2) is 0 Å². The predicted octanol–water partition coefficient (Wildman–Crippen LogP) is 2.83. The van der Waals surface area contributed by atoms with Gasteiger partial charge >= 0.3 is 0 Å². The van der Waals surface area contributed by atoms with E-state index in [1.165, 1.54) is 0 Å². The highest BCUT2D eigenvalue weighted by molar-refractivity contribution is 6.06. The standard InChI is InChI=1S/C17H16N2O2/c1-12(11-13-5-3-2-4-6-13)17(21)19-15-9-7-14(8-10-15)16(18)20/h2-11H,1H3,(H2,18,20)(H,19,21)/b12-11-. The predicted molar refractivity (Wildman–Crippen MR) is 83.7 cm³/mol. The minimum Gasteiger partial charge on any atom is -0.366 e. The van der Waals surface area contributed by atoms with E-state index in [1.54, 1.807) is 31.2 Å². The summed E-state index contributed by atoms with van der Waals surface area (Å²) < 4.78 is 0. The van der Waals surface area contributed by atoms with Gasteiger partial charge in [-0.2, -0.15) is 0 Å². The fourth-order valence-corrected chi connectivity index (χ4v) is 1.81. The molecule has 0 spiro atoms. The van der Waals surface area contributed by atoms with Crippen LogP contribution in [-0.4, -0.2) is 11.8 Å². The first-order chi connectivity index (χ1) is 10.1. The van der Waals surface area contributed by atoms with Crippen LogP contribution in [0, 0.1) is 0 Å². The summed E-state index contributed by atoms with van der Waals surface area (Å²) in [7, 11) is 0. The molecule has 2 rings (SSSR count). The fourth-order valence-electron chi connectivity index (χ4n) is 1.81. The molecule has 0 unspecified atom stereocenters. The lowest BCUT2D eigenvalue weighted by Gasteiger charge is -2.06. The van der Waals surface area contributed by atoms with Gasteiger partial charge in [-0.1, -0.05) is 30.3 Å². The zero-order chi connectivity index (χ0) is 15.2. The van der Waals surface area contributed by atoms with E-state index in [2.05, 4.69) is 5.32 Å². The molecule has 0 saturated carbocycles. The van der Waals surface area contributed by atoms with Gasteiger partial charge in [0.2, 0.25) is 5.91 Å². The first-order valence-electron chi connectivity index (χ1n) is 6.51. The van der Waals surface area contributed by atoms with E-state index < -0.39 is 5.91 Å². The summed E-state index contributed by atoms with van der Waals surface area (Å²) in [4.78, 5) is 23.0. The molecule has 4 nitrogen and oxygen atoms in total. The summed E-state index contributed by atoms with van der Waals surface area (Å²) in [5.41, 5.74) is 7.75. The van der Waals surface area contributed by atoms with E-state index in [1.807, 2.05) is 36.4 Å². The van der Waals surface area contributed by atoms with Crippen molar-refractivity contribution in [1.82, 2.24) is 0 Å². The van der Waals surface area contributed by atoms with Gasteiger partial charge in [-0.3, -0.25) is 9.59 Å². The first-order valence-corrected chi connectivity index (χ1v) is 6.51. The minimum absolute atomic E-state index is 0.189. The van der Waals surface area contributed by atoms with E-state index in [4.69, 9.17) is 5.73 Å². The summed E-state index contributed by atoms with van der Waals surface area (Å²) in [6.45, 7) is 1.75. The highest BCUT2D eigenvalue weighted by Crippen LogP contribution is 2.12. The quantitative estimate of drug-likeness (QED) is 0.845. The van der Waals surface area contributed by atoms with Gasteiger partial charge in [0.1, 0.15) is 0 Å². The van der Waals surface area contributed by atoms with Gasteiger partial charge in [0.05, 0.1) is 0 Å². The molecule has 0 aliphatic heterocycles. The van der Waals surface area contributed by atoms with Gasteiger partial charge < -0.3 is 11.1 Å². The summed E-state index contributed by atoms with van der Waals surface area (Å²) in [6.07, 6.45) is 1.81. The van der Waals surface area contributed by atoms with Crippen molar-refractivity contribution in [3.63, 3.8) is 0 Å². The Kier molecular flexibility index (Phi) is 4.51. The molecule has 0 bridgehead atoms. The Hall–Kier alpha value is -2.88. The monoisotopic (exact) mass is 280 g/mol. The molecule has 0 aliphatic carbocycles. The molecule has 0 atom stereocenters. The van der Waals surface area contributed by atoms with E-state index >= 15 is 0 Å². The number of nitrogens with two attached hydrogens (primary N) is 1. The van der Waals surface area contributed by atoms with Crippen molar-refractivity contribution in [1.29, 1.82) is 0 Å². The average molecular weight is 280 g/mol. The smallest absolute Gasteiger partial charge is 0.251 e. The van der Waals surface area contributed by atoms with E-state index in [9.17, 15) is 9.59 Å². The van der Waals surface area contributed by atoms with Crippen LogP contribution in [0.25, 0.3) is 6.08 Å². The number of carbonyl (C=O) groups is 2. The molecule has 2 aromatic carbocycles.